The van der Waals surface area contributed by atoms with Crippen LogP contribution < -0.4 is 5.32 Å². The Labute approximate surface area is 137 Å². The van der Waals surface area contributed by atoms with E-state index in [1.165, 1.54) is 32.1 Å². The Kier molecular flexibility index (Phi) is 4.19. The molecule has 0 radical (unpaired) electrons. The molecular weight excluding hydrogens is 286 g/mol. The van der Waals surface area contributed by atoms with E-state index in [0.717, 1.165) is 43.2 Å². The van der Waals surface area contributed by atoms with Crippen molar-refractivity contribution in [1.82, 2.24) is 15.4 Å². The molecule has 1 saturated heterocycles. The first kappa shape index (κ1) is 14.9. The quantitative estimate of drug-likeness (QED) is 0.942. The number of benzene rings is 1. The van der Waals surface area contributed by atoms with Crippen LogP contribution in [0.5, 0.6) is 0 Å². The highest BCUT2D eigenvalue weighted by Gasteiger charge is 2.39. The van der Waals surface area contributed by atoms with Gasteiger partial charge in [0.15, 0.2) is 5.76 Å². The summed E-state index contributed by atoms with van der Waals surface area (Å²) in [6.45, 7) is 4.20. The molecule has 1 aromatic heterocycles. The average Bonchev–Trinajstić information content (AvgIpc) is 3.07. The van der Waals surface area contributed by atoms with Crippen LogP contribution in [0.1, 0.15) is 37.8 Å². The van der Waals surface area contributed by atoms with Gasteiger partial charge in [-0.25, -0.2) is 0 Å². The molecule has 23 heavy (non-hydrogen) atoms. The summed E-state index contributed by atoms with van der Waals surface area (Å²) in [6, 6.07) is 12.3. The summed E-state index contributed by atoms with van der Waals surface area (Å²) in [4.78, 5) is 2.65. The molecule has 4 heteroatoms. The van der Waals surface area contributed by atoms with Gasteiger partial charge in [-0.15, -0.1) is 0 Å². The van der Waals surface area contributed by atoms with Crippen molar-refractivity contribution in [2.45, 2.75) is 44.2 Å². The largest absolute Gasteiger partial charge is 0.356 e. The first-order valence-corrected chi connectivity index (χ1v) is 8.83. The molecule has 0 unspecified atom stereocenters. The fraction of sp³-hybridized carbons (Fsp3) is 0.526. The van der Waals surface area contributed by atoms with Crippen molar-refractivity contribution in [2.24, 2.45) is 0 Å². The minimum Gasteiger partial charge on any atom is -0.356 e. The van der Waals surface area contributed by atoms with Gasteiger partial charge in [-0.05, 0) is 12.8 Å². The standard InChI is InChI=1S/C19H25N3O/c1-3-7-16(8-4-1)18-13-17(21-23-18)14-22-12-11-20-15-19(22)9-5-2-6-10-19/h1,3-4,7-8,13,20H,2,5-6,9-12,14-15H2. The normalized spacial score (nSPS) is 21.6. The van der Waals surface area contributed by atoms with E-state index in [0.29, 0.717) is 5.54 Å². The molecule has 4 rings (SSSR count). The van der Waals surface area contributed by atoms with E-state index >= 15 is 0 Å². The van der Waals surface area contributed by atoms with Crippen molar-refractivity contribution in [1.29, 1.82) is 0 Å². The first-order chi connectivity index (χ1) is 11.4. The smallest absolute Gasteiger partial charge is 0.167 e. The molecule has 2 fully saturated rings. The molecule has 2 heterocycles. The van der Waals surface area contributed by atoms with Crippen molar-refractivity contribution in [2.75, 3.05) is 19.6 Å². The Hall–Kier alpha value is -1.65. The van der Waals surface area contributed by atoms with Crippen LogP contribution in [0.4, 0.5) is 0 Å². The van der Waals surface area contributed by atoms with Crippen molar-refractivity contribution >= 4 is 0 Å². The van der Waals surface area contributed by atoms with Crippen LogP contribution in [-0.2, 0) is 6.54 Å². The van der Waals surface area contributed by atoms with Gasteiger partial charge in [0.25, 0.3) is 0 Å². The van der Waals surface area contributed by atoms with E-state index in [-0.39, 0.29) is 0 Å². The van der Waals surface area contributed by atoms with Crippen LogP contribution >= 0.6 is 0 Å². The third-order valence-electron chi connectivity index (χ3n) is 5.44. The number of nitrogens with zero attached hydrogens (tertiary/aromatic N) is 2. The number of nitrogens with one attached hydrogen (secondary N) is 1. The predicted molar refractivity (Wildman–Crippen MR) is 91.0 cm³/mol. The highest BCUT2D eigenvalue weighted by atomic mass is 16.5. The monoisotopic (exact) mass is 311 g/mol. The lowest BCUT2D eigenvalue weighted by Crippen LogP contribution is -2.61. The highest BCUT2D eigenvalue weighted by Crippen LogP contribution is 2.35. The van der Waals surface area contributed by atoms with Crippen molar-refractivity contribution in [3.63, 3.8) is 0 Å². The van der Waals surface area contributed by atoms with Crippen LogP contribution in [0.3, 0.4) is 0 Å². The second-order valence-corrected chi connectivity index (χ2v) is 6.93. The van der Waals surface area contributed by atoms with Crippen molar-refractivity contribution < 1.29 is 4.52 Å². The fourth-order valence-corrected chi connectivity index (χ4v) is 4.15. The number of hydrogen-bond donors (Lipinski definition) is 1. The van der Waals surface area contributed by atoms with E-state index in [9.17, 15) is 0 Å². The van der Waals surface area contributed by atoms with Gasteiger partial charge < -0.3 is 9.84 Å². The van der Waals surface area contributed by atoms with E-state index in [1.54, 1.807) is 0 Å². The predicted octanol–water partition coefficient (Wildman–Crippen LogP) is 3.45. The van der Waals surface area contributed by atoms with Gasteiger partial charge >= 0.3 is 0 Å². The fourth-order valence-electron chi connectivity index (χ4n) is 4.15. The maximum Gasteiger partial charge on any atom is 0.167 e. The van der Waals surface area contributed by atoms with E-state index in [4.69, 9.17) is 4.52 Å². The van der Waals surface area contributed by atoms with Gasteiger partial charge in [0.05, 0.1) is 5.69 Å². The molecule has 0 bridgehead atoms. The molecule has 2 aliphatic rings. The van der Waals surface area contributed by atoms with E-state index < -0.39 is 0 Å². The van der Waals surface area contributed by atoms with Gasteiger partial charge in [0.2, 0.25) is 0 Å². The van der Waals surface area contributed by atoms with Gasteiger partial charge in [-0.2, -0.15) is 0 Å². The lowest BCUT2D eigenvalue weighted by Gasteiger charge is -2.49. The lowest BCUT2D eigenvalue weighted by molar-refractivity contribution is 0.0193. The molecule has 1 N–H and O–H groups in total. The zero-order valence-corrected chi connectivity index (χ0v) is 13.6. The summed E-state index contributed by atoms with van der Waals surface area (Å²) in [6.07, 6.45) is 6.71. The minimum atomic E-state index is 0.336. The summed E-state index contributed by atoms with van der Waals surface area (Å²) in [5, 5.41) is 7.93. The number of aromatic nitrogens is 1. The molecular formula is C19H25N3O. The van der Waals surface area contributed by atoms with Crippen LogP contribution in [0.15, 0.2) is 40.9 Å². The average molecular weight is 311 g/mol. The first-order valence-electron chi connectivity index (χ1n) is 8.83. The van der Waals surface area contributed by atoms with Gasteiger partial charge in [0.1, 0.15) is 0 Å². The highest BCUT2D eigenvalue weighted by molar-refractivity contribution is 5.56. The molecule has 4 nitrogen and oxygen atoms in total. The van der Waals surface area contributed by atoms with Crippen LogP contribution in [-0.4, -0.2) is 35.2 Å². The Morgan fingerprint density at radius 3 is 2.78 bits per heavy atom. The Morgan fingerprint density at radius 1 is 1.13 bits per heavy atom. The Morgan fingerprint density at radius 2 is 1.96 bits per heavy atom. The van der Waals surface area contributed by atoms with Crippen LogP contribution in [0, 0.1) is 0 Å². The minimum absolute atomic E-state index is 0.336. The zero-order chi connectivity index (χ0) is 15.5. The molecule has 0 atom stereocenters. The summed E-state index contributed by atoms with van der Waals surface area (Å²) in [7, 11) is 0. The third-order valence-corrected chi connectivity index (χ3v) is 5.44. The maximum absolute atomic E-state index is 5.58. The van der Waals surface area contributed by atoms with E-state index in [1.807, 2.05) is 18.2 Å². The molecule has 1 spiro atoms. The number of rotatable bonds is 3. The molecule has 122 valence electrons. The van der Waals surface area contributed by atoms with E-state index in [2.05, 4.69) is 33.6 Å². The van der Waals surface area contributed by atoms with Gasteiger partial charge in [-0.1, -0.05) is 54.8 Å². The topological polar surface area (TPSA) is 41.3 Å². The molecule has 0 amide bonds. The van der Waals surface area contributed by atoms with Gasteiger partial charge in [0, 0.05) is 43.3 Å². The summed E-state index contributed by atoms with van der Waals surface area (Å²) in [5.41, 5.74) is 2.48. The Balaban J connectivity index is 1.51. The maximum atomic E-state index is 5.58. The number of piperazine rings is 1. The van der Waals surface area contributed by atoms with Crippen molar-refractivity contribution in [3.05, 3.63) is 42.1 Å². The van der Waals surface area contributed by atoms with Gasteiger partial charge in [-0.3, -0.25) is 4.90 Å². The van der Waals surface area contributed by atoms with Crippen molar-refractivity contribution in [3.8, 4) is 11.3 Å². The third kappa shape index (κ3) is 3.06. The second kappa shape index (κ2) is 6.46. The molecule has 1 aliphatic heterocycles. The van der Waals surface area contributed by atoms with Crippen LogP contribution in [0.25, 0.3) is 11.3 Å². The zero-order valence-electron chi connectivity index (χ0n) is 13.6. The summed E-state index contributed by atoms with van der Waals surface area (Å²) in [5.74, 6) is 0.869. The second-order valence-electron chi connectivity index (χ2n) is 6.93. The molecule has 1 saturated carbocycles. The molecule has 1 aliphatic carbocycles. The number of hydrogen-bond acceptors (Lipinski definition) is 4. The molecule has 1 aromatic carbocycles. The Bertz CT molecular complexity index is 623. The molecule has 2 aromatic rings. The summed E-state index contributed by atoms with van der Waals surface area (Å²) >= 11 is 0. The van der Waals surface area contributed by atoms with Crippen LogP contribution in [0.2, 0.25) is 0 Å². The lowest BCUT2D eigenvalue weighted by atomic mass is 9.79. The SMILES string of the molecule is c1ccc(-c2cc(CN3CCNCC34CCCCC4)no2)cc1. The summed E-state index contributed by atoms with van der Waals surface area (Å²) < 4.78 is 5.58.